The average molecular weight is 308 g/mol. The number of sulfone groups is 1. The van der Waals surface area contributed by atoms with E-state index in [1.165, 1.54) is 12.1 Å². The van der Waals surface area contributed by atoms with Crippen LogP contribution in [0.1, 0.15) is 6.42 Å². The van der Waals surface area contributed by atoms with Crippen molar-refractivity contribution in [2.75, 3.05) is 17.2 Å². The van der Waals surface area contributed by atoms with Crippen molar-refractivity contribution in [3.63, 3.8) is 0 Å². The summed E-state index contributed by atoms with van der Waals surface area (Å²) in [6.45, 7) is 0. The minimum atomic E-state index is -4.17. The highest BCUT2D eigenvalue weighted by atomic mass is 32.2. The van der Waals surface area contributed by atoms with Crippen LogP contribution >= 0.6 is 0 Å². The largest absolute Gasteiger partial charge is 0.398 e. The third-order valence-electron chi connectivity index (χ3n) is 2.82. The molecule has 1 aliphatic heterocycles. The standard InChI is InChI=1S/C10H13FN2O4S2/c11-8-2-1-3-9(12)10(8)19(16,17)13-7-4-5-18(14,15)6-7/h1-3,7,13H,4-6,12H2. The Bertz CT molecular complexity index is 680. The summed E-state index contributed by atoms with van der Waals surface area (Å²) in [6, 6.07) is 2.80. The molecule has 1 aromatic carbocycles. The molecule has 3 N–H and O–H groups in total. The normalized spacial score (nSPS) is 22.5. The Morgan fingerprint density at radius 1 is 1.37 bits per heavy atom. The van der Waals surface area contributed by atoms with Gasteiger partial charge in [-0.25, -0.2) is 25.9 Å². The fraction of sp³-hybridized carbons (Fsp3) is 0.400. The molecule has 0 spiro atoms. The molecule has 1 atom stereocenters. The van der Waals surface area contributed by atoms with E-state index in [4.69, 9.17) is 5.73 Å². The summed E-state index contributed by atoms with van der Waals surface area (Å²) in [5, 5.41) is 0. The molecule has 0 aliphatic carbocycles. The number of halogens is 1. The van der Waals surface area contributed by atoms with Gasteiger partial charge in [0.1, 0.15) is 10.7 Å². The van der Waals surface area contributed by atoms with E-state index in [9.17, 15) is 21.2 Å². The van der Waals surface area contributed by atoms with Crippen LogP contribution in [-0.2, 0) is 19.9 Å². The molecule has 106 valence electrons. The molecule has 9 heteroatoms. The predicted octanol–water partition coefficient (Wildman–Crippen LogP) is -0.127. The van der Waals surface area contributed by atoms with Crippen molar-refractivity contribution in [1.82, 2.24) is 4.72 Å². The fourth-order valence-corrected chi connectivity index (χ4v) is 5.22. The van der Waals surface area contributed by atoms with Crippen LogP contribution in [0.15, 0.2) is 23.1 Å². The minimum Gasteiger partial charge on any atom is -0.398 e. The molecule has 0 aromatic heterocycles. The fourth-order valence-electron chi connectivity index (χ4n) is 1.98. The van der Waals surface area contributed by atoms with Gasteiger partial charge >= 0.3 is 0 Å². The van der Waals surface area contributed by atoms with Crippen LogP contribution in [0.25, 0.3) is 0 Å². The van der Waals surface area contributed by atoms with E-state index in [-0.39, 0.29) is 23.6 Å². The molecule has 0 radical (unpaired) electrons. The minimum absolute atomic E-state index is 0.0764. The van der Waals surface area contributed by atoms with Crippen molar-refractivity contribution in [2.24, 2.45) is 0 Å². The molecule has 0 amide bonds. The van der Waals surface area contributed by atoms with Crippen molar-refractivity contribution in [2.45, 2.75) is 17.4 Å². The number of benzene rings is 1. The molecule has 0 saturated carbocycles. The highest BCUT2D eigenvalue weighted by molar-refractivity contribution is 7.92. The summed E-state index contributed by atoms with van der Waals surface area (Å²) in [5.41, 5.74) is 5.24. The van der Waals surface area contributed by atoms with Crippen LogP contribution in [0.4, 0.5) is 10.1 Å². The second-order valence-electron chi connectivity index (χ2n) is 4.38. The van der Waals surface area contributed by atoms with Gasteiger partial charge < -0.3 is 5.73 Å². The summed E-state index contributed by atoms with van der Waals surface area (Å²) in [4.78, 5) is -0.640. The molecule has 1 fully saturated rings. The van der Waals surface area contributed by atoms with Crippen LogP contribution in [0.2, 0.25) is 0 Å². The van der Waals surface area contributed by atoms with E-state index < -0.39 is 36.6 Å². The van der Waals surface area contributed by atoms with Gasteiger partial charge in [0.25, 0.3) is 0 Å². The molecular formula is C10H13FN2O4S2. The molecule has 1 aliphatic rings. The second-order valence-corrected chi connectivity index (χ2v) is 8.26. The van der Waals surface area contributed by atoms with Crippen molar-refractivity contribution < 1.29 is 21.2 Å². The first-order valence-electron chi connectivity index (χ1n) is 5.48. The Labute approximate surface area is 110 Å². The van der Waals surface area contributed by atoms with Gasteiger partial charge in [0, 0.05) is 6.04 Å². The van der Waals surface area contributed by atoms with Crippen LogP contribution < -0.4 is 10.5 Å². The summed E-state index contributed by atoms with van der Waals surface area (Å²) in [7, 11) is -7.39. The van der Waals surface area contributed by atoms with Crippen molar-refractivity contribution in [3.05, 3.63) is 24.0 Å². The van der Waals surface area contributed by atoms with Gasteiger partial charge in [0.15, 0.2) is 9.84 Å². The number of anilines is 1. The lowest BCUT2D eigenvalue weighted by Gasteiger charge is -2.13. The quantitative estimate of drug-likeness (QED) is 0.757. The maximum atomic E-state index is 13.6. The molecule has 1 saturated heterocycles. The lowest BCUT2D eigenvalue weighted by molar-refractivity contribution is 0.545. The number of nitrogens with two attached hydrogens (primary N) is 1. The third kappa shape index (κ3) is 3.04. The SMILES string of the molecule is Nc1cccc(F)c1S(=O)(=O)NC1CCS(=O)(=O)C1. The van der Waals surface area contributed by atoms with Crippen molar-refractivity contribution in [1.29, 1.82) is 0 Å². The number of hydrogen-bond acceptors (Lipinski definition) is 5. The highest BCUT2D eigenvalue weighted by Crippen LogP contribution is 2.23. The van der Waals surface area contributed by atoms with Gasteiger partial charge in [-0.05, 0) is 18.6 Å². The van der Waals surface area contributed by atoms with Crippen LogP contribution in [0.3, 0.4) is 0 Å². The van der Waals surface area contributed by atoms with E-state index in [1.54, 1.807) is 0 Å². The highest BCUT2D eigenvalue weighted by Gasteiger charge is 2.33. The second kappa shape index (κ2) is 4.73. The van der Waals surface area contributed by atoms with Crippen LogP contribution in [0.5, 0.6) is 0 Å². The van der Waals surface area contributed by atoms with Gasteiger partial charge in [-0.1, -0.05) is 6.07 Å². The average Bonchev–Trinajstić information content (AvgIpc) is 2.56. The Balaban J connectivity index is 2.29. The van der Waals surface area contributed by atoms with Gasteiger partial charge in [0.05, 0.1) is 17.2 Å². The lowest BCUT2D eigenvalue weighted by atomic mass is 10.3. The monoisotopic (exact) mass is 308 g/mol. The zero-order chi connectivity index (χ0) is 14.3. The Hall–Kier alpha value is -1.19. The molecule has 1 unspecified atom stereocenters. The van der Waals surface area contributed by atoms with E-state index >= 15 is 0 Å². The van der Waals surface area contributed by atoms with E-state index in [0.717, 1.165) is 6.07 Å². The van der Waals surface area contributed by atoms with Gasteiger partial charge in [-0.3, -0.25) is 0 Å². The van der Waals surface area contributed by atoms with Crippen LogP contribution in [0, 0.1) is 5.82 Å². The summed E-state index contributed by atoms with van der Waals surface area (Å²) >= 11 is 0. The van der Waals surface area contributed by atoms with Gasteiger partial charge in [-0.2, -0.15) is 0 Å². The van der Waals surface area contributed by atoms with E-state index in [0.29, 0.717) is 0 Å². The maximum Gasteiger partial charge on any atom is 0.245 e. The Morgan fingerprint density at radius 3 is 2.58 bits per heavy atom. The number of rotatable bonds is 3. The van der Waals surface area contributed by atoms with Gasteiger partial charge in [0.2, 0.25) is 10.0 Å². The predicted molar refractivity (Wildman–Crippen MR) is 68.2 cm³/mol. The van der Waals surface area contributed by atoms with Crippen molar-refractivity contribution >= 4 is 25.5 Å². The molecule has 19 heavy (non-hydrogen) atoms. The summed E-state index contributed by atoms with van der Waals surface area (Å²) in [6.07, 6.45) is 0.177. The number of nitrogens with one attached hydrogen (secondary N) is 1. The first-order chi connectivity index (χ1) is 8.71. The maximum absolute atomic E-state index is 13.6. The zero-order valence-electron chi connectivity index (χ0n) is 9.84. The lowest BCUT2D eigenvalue weighted by Crippen LogP contribution is -2.36. The Kier molecular flexibility index (Phi) is 3.54. The zero-order valence-corrected chi connectivity index (χ0v) is 11.5. The molecule has 1 heterocycles. The Morgan fingerprint density at radius 2 is 2.05 bits per heavy atom. The van der Waals surface area contributed by atoms with Gasteiger partial charge in [-0.15, -0.1) is 0 Å². The number of nitrogen functional groups attached to an aromatic ring is 1. The third-order valence-corrected chi connectivity index (χ3v) is 6.20. The number of sulfonamides is 1. The first kappa shape index (κ1) is 14.2. The van der Waals surface area contributed by atoms with E-state index in [2.05, 4.69) is 4.72 Å². The topological polar surface area (TPSA) is 106 Å². The van der Waals surface area contributed by atoms with Crippen molar-refractivity contribution in [3.8, 4) is 0 Å². The molecule has 0 bridgehead atoms. The van der Waals surface area contributed by atoms with Crippen LogP contribution in [-0.4, -0.2) is 34.4 Å². The number of hydrogen-bond donors (Lipinski definition) is 2. The smallest absolute Gasteiger partial charge is 0.245 e. The van der Waals surface area contributed by atoms with E-state index in [1.807, 2.05) is 0 Å². The molecule has 6 nitrogen and oxygen atoms in total. The first-order valence-corrected chi connectivity index (χ1v) is 8.78. The summed E-state index contributed by atoms with van der Waals surface area (Å²) in [5.74, 6) is -1.32. The molecular weight excluding hydrogens is 295 g/mol. The molecule has 1 aromatic rings. The summed E-state index contributed by atoms with van der Waals surface area (Å²) < 4.78 is 62.3. The molecule has 2 rings (SSSR count).